The summed E-state index contributed by atoms with van der Waals surface area (Å²) in [6.07, 6.45) is 1.75. The van der Waals surface area contributed by atoms with Gasteiger partial charge in [0.25, 0.3) is 0 Å². The van der Waals surface area contributed by atoms with Crippen molar-refractivity contribution < 1.29 is 4.79 Å². The summed E-state index contributed by atoms with van der Waals surface area (Å²) < 4.78 is 1.92. The van der Waals surface area contributed by atoms with Gasteiger partial charge in [0.15, 0.2) is 4.34 Å². The van der Waals surface area contributed by atoms with E-state index in [1.807, 2.05) is 53.9 Å². The van der Waals surface area contributed by atoms with E-state index >= 15 is 0 Å². The lowest BCUT2D eigenvalue weighted by atomic mass is 10.1. The van der Waals surface area contributed by atoms with Gasteiger partial charge in [0.1, 0.15) is 11.0 Å². The SMILES string of the molecule is O=C(CSc1nc2cc(Cl)ccc2s1)NC(c1ccccc1)c1nccs1. The highest BCUT2D eigenvalue weighted by molar-refractivity contribution is 8.01. The normalized spacial score (nSPS) is 12.2. The molecule has 1 N–H and O–H groups in total. The lowest BCUT2D eigenvalue weighted by molar-refractivity contribution is -0.119. The van der Waals surface area contributed by atoms with Crippen LogP contribution in [-0.2, 0) is 4.79 Å². The van der Waals surface area contributed by atoms with E-state index in [2.05, 4.69) is 15.3 Å². The molecule has 0 fully saturated rings. The maximum Gasteiger partial charge on any atom is 0.231 e. The van der Waals surface area contributed by atoms with Gasteiger partial charge in [-0.1, -0.05) is 53.7 Å². The topological polar surface area (TPSA) is 54.9 Å². The summed E-state index contributed by atoms with van der Waals surface area (Å²) in [5, 5.41) is 6.54. The fraction of sp³-hybridized carbons (Fsp3) is 0.105. The molecule has 0 radical (unpaired) electrons. The predicted octanol–water partition coefficient (Wildman–Crippen LogP) is 5.40. The van der Waals surface area contributed by atoms with Gasteiger partial charge in [0.2, 0.25) is 5.91 Å². The third-order valence-electron chi connectivity index (χ3n) is 3.79. The molecule has 4 rings (SSSR count). The Balaban J connectivity index is 1.45. The van der Waals surface area contributed by atoms with Crippen molar-refractivity contribution in [2.24, 2.45) is 0 Å². The zero-order chi connectivity index (χ0) is 18.6. The number of aromatic nitrogens is 2. The third kappa shape index (κ3) is 4.50. The number of rotatable bonds is 6. The first-order valence-corrected chi connectivity index (χ1v) is 11.2. The maximum atomic E-state index is 12.6. The Hall–Kier alpha value is -1.93. The van der Waals surface area contributed by atoms with Gasteiger partial charge in [-0.3, -0.25) is 4.79 Å². The van der Waals surface area contributed by atoms with Crippen LogP contribution >= 0.6 is 46.0 Å². The van der Waals surface area contributed by atoms with E-state index in [9.17, 15) is 4.79 Å². The summed E-state index contributed by atoms with van der Waals surface area (Å²) >= 11 is 10.5. The molecule has 4 aromatic rings. The van der Waals surface area contributed by atoms with Crippen molar-refractivity contribution in [2.75, 3.05) is 5.75 Å². The van der Waals surface area contributed by atoms with Gasteiger partial charge in [-0.25, -0.2) is 9.97 Å². The molecule has 1 amide bonds. The van der Waals surface area contributed by atoms with E-state index < -0.39 is 0 Å². The zero-order valence-electron chi connectivity index (χ0n) is 14.0. The first kappa shape index (κ1) is 18.4. The van der Waals surface area contributed by atoms with E-state index in [0.717, 1.165) is 25.1 Å². The highest BCUT2D eigenvalue weighted by atomic mass is 35.5. The number of carbonyl (C=O) groups excluding carboxylic acids is 1. The molecule has 0 saturated heterocycles. The average molecular weight is 432 g/mol. The van der Waals surface area contributed by atoms with Gasteiger partial charge >= 0.3 is 0 Å². The van der Waals surface area contributed by atoms with Crippen LogP contribution in [0.25, 0.3) is 10.2 Å². The molecule has 27 heavy (non-hydrogen) atoms. The molecule has 1 unspecified atom stereocenters. The van der Waals surface area contributed by atoms with Crippen molar-refractivity contribution in [3.05, 3.63) is 75.7 Å². The molecule has 2 aromatic carbocycles. The smallest absolute Gasteiger partial charge is 0.231 e. The molecule has 0 bridgehead atoms. The Bertz CT molecular complexity index is 1050. The molecule has 2 heterocycles. The second-order valence-corrected chi connectivity index (χ2v) is 9.28. The minimum Gasteiger partial charge on any atom is -0.342 e. The van der Waals surface area contributed by atoms with Gasteiger partial charge in [-0.05, 0) is 23.8 Å². The lowest BCUT2D eigenvalue weighted by Gasteiger charge is -2.16. The molecule has 2 aromatic heterocycles. The standard InChI is InChI=1S/C19H14ClN3OS3/c20-13-6-7-15-14(10-13)22-19(27-15)26-11-16(24)23-17(18-21-8-9-25-18)12-4-2-1-3-5-12/h1-10,17H,11H2,(H,23,24). The second kappa shape index (κ2) is 8.39. The summed E-state index contributed by atoms with van der Waals surface area (Å²) in [5.41, 5.74) is 1.88. The largest absolute Gasteiger partial charge is 0.342 e. The van der Waals surface area contributed by atoms with Crippen molar-refractivity contribution in [3.63, 3.8) is 0 Å². The highest BCUT2D eigenvalue weighted by Gasteiger charge is 2.19. The fourth-order valence-corrected chi connectivity index (χ4v) is 5.32. The van der Waals surface area contributed by atoms with Crippen LogP contribution < -0.4 is 5.32 Å². The van der Waals surface area contributed by atoms with Crippen LogP contribution in [-0.4, -0.2) is 21.6 Å². The highest BCUT2D eigenvalue weighted by Crippen LogP contribution is 2.31. The molecule has 0 spiro atoms. The molecule has 136 valence electrons. The van der Waals surface area contributed by atoms with Crippen LogP contribution in [0.4, 0.5) is 0 Å². The monoisotopic (exact) mass is 431 g/mol. The van der Waals surface area contributed by atoms with Crippen molar-refractivity contribution >= 4 is 62.2 Å². The van der Waals surface area contributed by atoms with E-state index in [1.54, 1.807) is 17.5 Å². The fourth-order valence-electron chi connectivity index (χ4n) is 2.58. The number of hydrogen-bond donors (Lipinski definition) is 1. The Morgan fingerprint density at radius 3 is 2.85 bits per heavy atom. The number of thioether (sulfide) groups is 1. The maximum absolute atomic E-state index is 12.6. The van der Waals surface area contributed by atoms with Crippen LogP contribution in [0, 0.1) is 0 Å². The van der Waals surface area contributed by atoms with Gasteiger partial charge < -0.3 is 5.32 Å². The van der Waals surface area contributed by atoms with Crippen molar-refractivity contribution in [1.29, 1.82) is 0 Å². The van der Waals surface area contributed by atoms with Gasteiger partial charge in [-0.15, -0.1) is 22.7 Å². The quantitative estimate of drug-likeness (QED) is 0.415. The van der Waals surface area contributed by atoms with E-state index in [4.69, 9.17) is 11.6 Å². The van der Waals surface area contributed by atoms with E-state index in [1.165, 1.54) is 23.1 Å². The van der Waals surface area contributed by atoms with Crippen molar-refractivity contribution in [3.8, 4) is 0 Å². The average Bonchev–Trinajstić information content (AvgIpc) is 3.34. The minimum absolute atomic E-state index is 0.0543. The van der Waals surface area contributed by atoms with E-state index in [0.29, 0.717) is 10.8 Å². The molecule has 0 aliphatic carbocycles. The summed E-state index contributed by atoms with van der Waals surface area (Å²) in [5.74, 6) is 0.240. The van der Waals surface area contributed by atoms with Crippen molar-refractivity contribution in [1.82, 2.24) is 15.3 Å². The predicted molar refractivity (Wildman–Crippen MR) is 114 cm³/mol. The number of halogens is 1. The molecule has 1 atom stereocenters. The summed E-state index contributed by atoms with van der Waals surface area (Å²) in [6, 6.07) is 15.3. The number of fused-ring (bicyclic) bond motifs is 1. The molecule has 0 saturated carbocycles. The van der Waals surface area contributed by atoms with Crippen LogP contribution in [0.1, 0.15) is 16.6 Å². The summed E-state index contributed by atoms with van der Waals surface area (Å²) in [7, 11) is 0. The second-order valence-electron chi connectivity index (χ2n) is 5.66. The molecular formula is C19H14ClN3OS3. The first-order chi connectivity index (χ1) is 13.2. The Labute approximate surface area is 173 Å². The number of nitrogens with zero attached hydrogens (tertiary/aromatic N) is 2. The minimum atomic E-state index is -0.242. The Morgan fingerprint density at radius 2 is 2.07 bits per heavy atom. The first-order valence-electron chi connectivity index (χ1n) is 8.11. The number of hydrogen-bond acceptors (Lipinski definition) is 6. The molecule has 0 aliphatic heterocycles. The molecule has 8 heteroatoms. The number of thiazole rings is 2. The summed E-state index contributed by atoms with van der Waals surface area (Å²) in [4.78, 5) is 21.5. The Morgan fingerprint density at radius 1 is 1.22 bits per heavy atom. The van der Waals surface area contributed by atoms with E-state index in [-0.39, 0.29) is 11.9 Å². The molecule has 4 nitrogen and oxygen atoms in total. The number of amides is 1. The van der Waals surface area contributed by atoms with Gasteiger partial charge in [-0.2, -0.15) is 0 Å². The number of carbonyl (C=O) groups is 1. The van der Waals surface area contributed by atoms with Gasteiger partial charge in [0.05, 0.1) is 16.0 Å². The van der Waals surface area contributed by atoms with Crippen LogP contribution in [0.15, 0.2) is 64.4 Å². The molecule has 0 aliphatic rings. The molecular weight excluding hydrogens is 418 g/mol. The third-order valence-corrected chi connectivity index (χ3v) is 7.05. The van der Waals surface area contributed by atoms with Gasteiger partial charge in [0, 0.05) is 16.6 Å². The Kier molecular flexibility index (Phi) is 5.73. The number of benzene rings is 2. The van der Waals surface area contributed by atoms with Crippen LogP contribution in [0.2, 0.25) is 5.02 Å². The summed E-state index contributed by atoms with van der Waals surface area (Å²) in [6.45, 7) is 0. The van der Waals surface area contributed by atoms with Crippen molar-refractivity contribution in [2.45, 2.75) is 10.4 Å². The van der Waals surface area contributed by atoms with Crippen LogP contribution in [0.5, 0.6) is 0 Å². The zero-order valence-corrected chi connectivity index (χ0v) is 17.2. The lowest BCUT2D eigenvalue weighted by Crippen LogP contribution is -2.30. The van der Waals surface area contributed by atoms with Crippen LogP contribution in [0.3, 0.4) is 0 Å². The number of nitrogens with one attached hydrogen (secondary N) is 1.